The minimum Gasteiger partial charge on any atom is -0.550 e. The first-order chi connectivity index (χ1) is 23.7. The van der Waals surface area contributed by atoms with Gasteiger partial charge in [-0.2, -0.15) is 0 Å². The van der Waals surface area contributed by atoms with E-state index in [4.69, 9.17) is 0 Å². The smallest absolute Gasteiger partial charge is 0.550 e. The van der Waals surface area contributed by atoms with Crippen molar-refractivity contribution in [2.24, 2.45) is 11.8 Å². The van der Waals surface area contributed by atoms with E-state index in [1.54, 1.807) is 24.6 Å². The van der Waals surface area contributed by atoms with Gasteiger partial charge in [-0.15, -0.1) is 0 Å². The topological polar surface area (TPSA) is 114 Å². The molecule has 260 valence electrons. The van der Waals surface area contributed by atoms with Crippen molar-refractivity contribution < 1.29 is 37.0 Å². The first-order valence-electron chi connectivity index (χ1n) is 16.0. The van der Waals surface area contributed by atoms with Crippen molar-refractivity contribution in [2.75, 3.05) is 12.5 Å². The number of carbonyl (C=O) groups excluding carboxylic acids is 2. The molecule has 51 heavy (non-hydrogen) atoms. The number of benzene rings is 4. The number of fused-ring (bicyclic) bond motifs is 2. The van der Waals surface area contributed by atoms with E-state index in [-0.39, 0.29) is 85.9 Å². The maximum Gasteiger partial charge on any atom is 2.00 e. The molecule has 0 radical (unpaired) electrons. The molecule has 0 bridgehead atoms. The van der Waals surface area contributed by atoms with E-state index in [9.17, 15) is 37.0 Å². The van der Waals surface area contributed by atoms with Crippen molar-refractivity contribution in [3.8, 4) is 0 Å². The molecule has 0 heterocycles. The quantitative estimate of drug-likeness (QED) is 0.218. The fourth-order valence-electron chi connectivity index (χ4n) is 6.89. The van der Waals surface area contributed by atoms with Gasteiger partial charge in [0.25, 0.3) is 0 Å². The first kappa shape index (κ1) is 40.5. The van der Waals surface area contributed by atoms with Gasteiger partial charge in [0, 0.05) is 55.8 Å². The van der Waals surface area contributed by atoms with Gasteiger partial charge in [-0.3, -0.25) is 8.42 Å². The fraction of sp³-hybridized carbons (Fsp3) is 0.250. The second-order valence-electron chi connectivity index (χ2n) is 12.7. The monoisotopic (exact) mass is 754 g/mol. The number of carboxylic acids is 2. The molecular formula is C40H36CaF2O6S2. The first-order valence-corrected chi connectivity index (χ1v) is 19.1. The Labute approximate surface area is 331 Å². The van der Waals surface area contributed by atoms with Crippen LogP contribution in [0.5, 0.6) is 0 Å². The third-order valence-corrected chi connectivity index (χ3v) is 11.4. The van der Waals surface area contributed by atoms with Crippen LogP contribution in [0.2, 0.25) is 0 Å². The molecule has 6 rings (SSSR count). The molecule has 6 atom stereocenters. The number of hydrogen-bond donors (Lipinski definition) is 0. The zero-order valence-corrected chi connectivity index (χ0v) is 32.5. The Morgan fingerprint density at radius 3 is 1.25 bits per heavy atom. The molecule has 4 aromatic rings. The molecule has 2 aliphatic carbocycles. The summed E-state index contributed by atoms with van der Waals surface area (Å²) in [4.78, 5) is 23.7. The molecule has 6 nitrogen and oxygen atoms in total. The van der Waals surface area contributed by atoms with Gasteiger partial charge < -0.3 is 19.8 Å². The van der Waals surface area contributed by atoms with E-state index >= 15 is 0 Å². The Hall–Kier alpha value is -3.28. The molecule has 0 amide bonds. The minimum absolute atomic E-state index is 0. The molecule has 4 aromatic carbocycles. The summed E-state index contributed by atoms with van der Waals surface area (Å²) < 4.78 is 50.3. The van der Waals surface area contributed by atoms with Crippen LogP contribution < -0.4 is 10.2 Å². The van der Waals surface area contributed by atoms with Crippen molar-refractivity contribution in [2.45, 2.75) is 48.3 Å². The van der Waals surface area contributed by atoms with Crippen LogP contribution in [0.4, 0.5) is 8.78 Å². The third kappa shape index (κ3) is 9.59. The Balaban J connectivity index is 0.000000224. The van der Waals surface area contributed by atoms with Crippen molar-refractivity contribution >= 4 is 94.6 Å². The number of carboxylic acid groups (broad SMARTS) is 2. The van der Waals surface area contributed by atoms with Crippen LogP contribution in [0.25, 0.3) is 23.3 Å². The predicted octanol–water partition coefficient (Wildman–Crippen LogP) is 5.57. The average molecular weight is 755 g/mol. The summed E-state index contributed by atoms with van der Waals surface area (Å²) in [6.07, 6.45) is 6.95. The molecular weight excluding hydrogens is 719 g/mol. The number of halogens is 2. The van der Waals surface area contributed by atoms with Crippen LogP contribution in [-0.4, -0.2) is 70.6 Å². The van der Waals surface area contributed by atoms with Gasteiger partial charge in [-0.25, -0.2) is 8.78 Å². The van der Waals surface area contributed by atoms with Crippen LogP contribution in [0.15, 0.2) is 94.7 Å². The molecule has 11 heteroatoms. The third-order valence-electron chi connectivity index (χ3n) is 9.48. The summed E-state index contributed by atoms with van der Waals surface area (Å²) in [5.74, 6) is -3.74. The second-order valence-corrected chi connectivity index (χ2v) is 15.4. The van der Waals surface area contributed by atoms with Gasteiger partial charge >= 0.3 is 37.7 Å². The molecule has 0 saturated carbocycles. The zero-order chi connectivity index (χ0) is 36.3. The Bertz CT molecular complexity index is 1900. The molecule has 0 saturated heterocycles. The molecule has 0 N–H and O–H groups in total. The van der Waals surface area contributed by atoms with Gasteiger partial charge in [-0.1, -0.05) is 62.4 Å². The predicted molar refractivity (Wildman–Crippen MR) is 195 cm³/mol. The van der Waals surface area contributed by atoms with Crippen molar-refractivity contribution in [3.63, 3.8) is 0 Å². The molecule has 6 unspecified atom stereocenters. The van der Waals surface area contributed by atoms with Gasteiger partial charge in [0.05, 0.1) is 0 Å². The average Bonchev–Trinajstić information content (AvgIpc) is 3.45. The van der Waals surface area contributed by atoms with Crippen molar-refractivity contribution in [1.29, 1.82) is 0 Å². The second kappa shape index (κ2) is 17.5. The van der Waals surface area contributed by atoms with E-state index in [0.29, 0.717) is 11.1 Å². The number of rotatable bonds is 8. The van der Waals surface area contributed by atoms with Crippen LogP contribution in [0, 0.1) is 23.5 Å². The summed E-state index contributed by atoms with van der Waals surface area (Å²) in [6.45, 7) is 3.90. The van der Waals surface area contributed by atoms with E-state index in [0.717, 1.165) is 43.2 Å². The SMILES string of the molecule is CC1/C(=C/c2ccc(S(C)=O)cc2)c2ccc(F)cc2C1CC(=O)[O-].CC1/C(=C/c2ccc(S(C)=O)cc2)c2ccc(F)cc2C1CC(=O)[O-].[Ca+2]. The Morgan fingerprint density at radius 1 is 0.627 bits per heavy atom. The summed E-state index contributed by atoms with van der Waals surface area (Å²) in [7, 11) is -2.07. The van der Waals surface area contributed by atoms with E-state index in [1.807, 2.05) is 74.5 Å². The molecule has 2 aliphatic rings. The van der Waals surface area contributed by atoms with Gasteiger partial charge in [0.15, 0.2) is 0 Å². The van der Waals surface area contributed by atoms with Crippen LogP contribution in [0.3, 0.4) is 0 Å². The normalized spacial score (nSPS) is 21.5. The van der Waals surface area contributed by atoms with Gasteiger partial charge in [0.2, 0.25) is 0 Å². The molecule has 0 aromatic heterocycles. The summed E-state index contributed by atoms with van der Waals surface area (Å²) in [5.41, 5.74) is 7.01. The van der Waals surface area contributed by atoms with Gasteiger partial charge in [0.1, 0.15) is 11.6 Å². The molecule has 0 spiro atoms. The number of hydrogen-bond acceptors (Lipinski definition) is 6. The number of aliphatic carboxylic acids is 2. The van der Waals surface area contributed by atoms with E-state index in [2.05, 4.69) is 0 Å². The molecule has 0 aliphatic heterocycles. The van der Waals surface area contributed by atoms with E-state index in [1.165, 1.54) is 24.3 Å². The Kier molecular flexibility index (Phi) is 13.9. The standard InChI is InChI=1S/2C20H19FO3S.Ca/c2*1-12-17(9-13-3-6-15(7-4-13)25(2)24)16-8-5-14(21)10-19(16)18(12)11-20(22)23;/h2*3-10,12,18H,11H2,1-2H3,(H,22,23);/q;;+2/p-2/b2*17-9-;. The summed E-state index contributed by atoms with van der Waals surface area (Å²) in [5, 5.41) is 22.2. The van der Waals surface area contributed by atoms with Crippen LogP contribution in [0.1, 0.15) is 71.9 Å². The zero-order valence-electron chi connectivity index (χ0n) is 28.7. The largest absolute Gasteiger partial charge is 2.00 e. The minimum atomic E-state index is -1.14. The number of allylic oxidation sites excluding steroid dienone is 2. The number of carbonyl (C=O) groups is 2. The van der Waals surface area contributed by atoms with Crippen molar-refractivity contribution in [1.82, 2.24) is 0 Å². The van der Waals surface area contributed by atoms with E-state index < -0.39 is 33.5 Å². The molecule has 0 fully saturated rings. The maximum atomic E-state index is 13.7. The summed E-state index contributed by atoms with van der Waals surface area (Å²) in [6, 6.07) is 23.8. The van der Waals surface area contributed by atoms with Gasteiger partial charge in [-0.05, 0) is 130 Å². The van der Waals surface area contributed by atoms with Crippen LogP contribution in [-0.2, 0) is 31.2 Å². The fourth-order valence-corrected chi connectivity index (χ4v) is 7.93. The van der Waals surface area contributed by atoms with Crippen LogP contribution >= 0.6 is 0 Å². The van der Waals surface area contributed by atoms with Crippen molar-refractivity contribution in [3.05, 3.63) is 130 Å². The maximum absolute atomic E-state index is 13.7. The Morgan fingerprint density at radius 2 is 0.961 bits per heavy atom. The summed E-state index contributed by atoms with van der Waals surface area (Å²) >= 11 is 0.